The number of aliphatic hydroxyl groups is 1. The molecule has 3 aromatic heterocycles. The number of halogens is 1. The first kappa shape index (κ1) is 27.7. The van der Waals surface area contributed by atoms with Crippen molar-refractivity contribution < 1.29 is 28.2 Å². The van der Waals surface area contributed by atoms with Crippen molar-refractivity contribution in [1.29, 1.82) is 0 Å². The summed E-state index contributed by atoms with van der Waals surface area (Å²) >= 11 is 1.16. The first-order valence-corrected chi connectivity index (χ1v) is 13.6. The Kier molecular flexibility index (Phi) is 7.88. The van der Waals surface area contributed by atoms with Crippen LogP contribution in [0.4, 0.5) is 4.39 Å². The predicted octanol–water partition coefficient (Wildman–Crippen LogP) is 2.88. The van der Waals surface area contributed by atoms with E-state index in [0.29, 0.717) is 46.0 Å². The number of hydrogen-bond donors (Lipinski definition) is 1. The molecular weight excluding hydrogens is 543 g/mol. The SMILES string of the molecule is COc1ccc(F)cc1[C@H](Cn1c(=O)n([C@H]2CCCN(C)C2=O)c(=O)c2c(C)c(-c3ncco3)sc21)OCCO. The van der Waals surface area contributed by atoms with Crippen molar-refractivity contribution in [3.05, 3.63) is 68.4 Å². The number of rotatable bonds is 9. The third kappa shape index (κ3) is 4.84. The Morgan fingerprint density at radius 3 is 2.80 bits per heavy atom. The van der Waals surface area contributed by atoms with Gasteiger partial charge < -0.3 is 23.9 Å². The molecule has 2 atom stereocenters. The molecule has 0 bridgehead atoms. The lowest BCUT2D eigenvalue weighted by Gasteiger charge is -2.30. The number of likely N-dealkylation sites (tertiary alicyclic amines) is 1. The maximum Gasteiger partial charge on any atom is 0.332 e. The molecule has 0 unspecified atom stereocenters. The molecule has 4 aromatic rings. The largest absolute Gasteiger partial charge is 0.496 e. The van der Waals surface area contributed by atoms with Gasteiger partial charge in [-0.25, -0.2) is 18.7 Å². The van der Waals surface area contributed by atoms with E-state index >= 15 is 0 Å². The fourth-order valence-electron chi connectivity index (χ4n) is 5.15. The van der Waals surface area contributed by atoms with E-state index in [1.54, 1.807) is 14.0 Å². The van der Waals surface area contributed by atoms with Crippen molar-refractivity contribution in [3.63, 3.8) is 0 Å². The van der Waals surface area contributed by atoms with Crippen LogP contribution in [0, 0.1) is 12.7 Å². The van der Waals surface area contributed by atoms with Crippen molar-refractivity contribution in [3.8, 4) is 16.5 Å². The average molecular weight is 573 g/mol. The zero-order valence-electron chi connectivity index (χ0n) is 22.3. The fourth-order valence-corrected chi connectivity index (χ4v) is 6.39. The Morgan fingerprint density at radius 1 is 1.30 bits per heavy atom. The van der Waals surface area contributed by atoms with Gasteiger partial charge in [-0.15, -0.1) is 11.3 Å². The van der Waals surface area contributed by atoms with Crippen LogP contribution in [0.25, 0.3) is 21.0 Å². The zero-order valence-corrected chi connectivity index (χ0v) is 23.1. The molecule has 0 aliphatic carbocycles. The number of thiophene rings is 1. The number of piperidine rings is 1. The lowest BCUT2D eigenvalue weighted by atomic mass is 10.0. The van der Waals surface area contributed by atoms with Gasteiger partial charge in [-0.1, -0.05) is 0 Å². The lowest BCUT2D eigenvalue weighted by molar-refractivity contribution is -0.136. The molecule has 212 valence electrons. The van der Waals surface area contributed by atoms with Crippen LogP contribution in [0.3, 0.4) is 0 Å². The zero-order chi connectivity index (χ0) is 28.6. The van der Waals surface area contributed by atoms with Crippen LogP contribution in [-0.2, 0) is 16.1 Å². The normalized spacial score (nSPS) is 16.6. The molecule has 1 aliphatic heterocycles. The van der Waals surface area contributed by atoms with Gasteiger partial charge in [-0.05, 0) is 43.5 Å². The van der Waals surface area contributed by atoms with Crippen LogP contribution in [0.5, 0.6) is 5.75 Å². The molecule has 1 aliphatic rings. The minimum absolute atomic E-state index is 0.0984. The van der Waals surface area contributed by atoms with E-state index in [4.69, 9.17) is 13.9 Å². The molecule has 1 saturated heterocycles. The van der Waals surface area contributed by atoms with Crippen molar-refractivity contribution in [2.45, 2.75) is 38.5 Å². The van der Waals surface area contributed by atoms with Gasteiger partial charge in [0, 0.05) is 19.2 Å². The topological polar surface area (TPSA) is 129 Å². The van der Waals surface area contributed by atoms with E-state index in [1.807, 2.05) is 0 Å². The Labute approximate surface area is 232 Å². The molecule has 40 heavy (non-hydrogen) atoms. The maximum absolute atomic E-state index is 14.4. The highest BCUT2D eigenvalue weighted by atomic mass is 32.1. The number of ether oxygens (including phenoxy) is 2. The van der Waals surface area contributed by atoms with E-state index in [0.717, 1.165) is 15.9 Å². The summed E-state index contributed by atoms with van der Waals surface area (Å²) in [5, 5.41) is 9.74. The Hall–Kier alpha value is -3.81. The summed E-state index contributed by atoms with van der Waals surface area (Å²) in [4.78, 5) is 47.8. The molecule has 1 amide bonds. The predicted molar refractivity (Wildman–Crippen MR) is 145 cm³/mol. The number of nitrogens with zero attached hydrogens (tertiary/aromatic N) is 4. The first-order valence-electron chi connectivity index (χ1n) is 12.8. The number of oxazole rings is 1. The smallest absolute Gasteiger partial charge is 0.332 e. The van der Waals surface area contributed by atoms with Gasteiger partial charge in [0.1, 0.15) is 34.8 Å². The second-order valence-corrected chi connectivity index (χ2v) is 10.5. The number of methoxy groups -OCH3 is 1. The van der Waals surface area contributed by atoms with Crippen LogP contribution in [0.2, 0.25) is 0 Å². The molecular formula is C27H29FN4O7S. The first-order chi connectivity index (χ1) is 19.3. The third-order valence-electron chi connectivity index (χ3n) is 7.11. The molecule has 1 fully saturated rings. The Morgan fingerprint density at radius 2 is 2.10 bits per heavy atom. The molecule has 0 radical (unpaired) electrons. The fraction of sp³-hybridized carbons (Fsp3) is 0.407. The molecule has 0 spiro atoms. The highest BCUT2D eigenvalue weighted by Crippen LogP contribution is 2.37. The van der Waals surface area contributed by atoms with Gasteiger partial charge in [-0.2, -0.15) is 0 Å². The van der Waals surface area contributed by atoms with E-state index in [-0.39, 0.29) is 36.9 Å². The van der Waals surface area contributed by atoms with Crippen LogP contribution < -0.4 is 16.0 Å². The number of hydrogen-bond acceptors (Lipinski definition) is 9. The van der Waals surface area contributed by atoms with E-state index < -0.39 is 29.2 Å². The quantitative estimate of drug-likeness (QED) is 0.324. The number of carbonyl (C=O) groups excluding carboxylic acids is 1. The van der Waals surface area contributed by atoms with Crippen LogP contribution in [0.1, 0.15) is 36.1 Å². The summed E-state index contributed by atoms with van der Waals surface area (Å²) in [6.07, 6.45) is 2.92. The number of aryl methyl sites for hydroxylation is 1. The number of amides is 1. The number of aromatic nitrogens is 3. The third-order valence-corrected chi connectivity index (χ3v) is 8.41. The monoisotopic (exact) mass is 572 g/mol. The highest BCUT2D eigenvalue weighted by molar-refractivity contribution is 7.22. The van der Waals surface area contributed by atoms with Crippen molar-refractivity contribution >= 4 is 27.5 Å². The van der Waals surface area contributed by atoms with Gasteiger partial charge in [-0.3, -0.25) is 14.2 Å². The number of carbonyl (C=O) groups is 1. The molecule has 13 heteroatoms. The van der Waals surface area contributed by atoms with Gasteiger partial charge >= 0.3 is 5.69 Å². The number of likely N-dealkylation sites (N-methyl/N-ethyl adjacent to an activating group) is 1. The highest BCUT2D eigenvalue weighted by Gasteiger charge is 2.34. The molecule has 0 saturated carbocycles. The summed E-state index contributed by atoms with van der Waals surface area (Å²) in [7, 11) is 3.07. The molecule has 1 aromatic carbocycles. The summed E-state index contributed by atoms with van der Waals surface area (Å²) in [6, 6.07) is 2.97. The van der Waals surface area contributed by atoms with E-state index in [1.165, 1.54) is 47.2 Å². The average Bonchev–Trinajstić information content (AvgIpc) is 3.59. The van der Waals surface area contributed by atoms with E-state index in [9.17, 15) is 23.9 Å². The molecule has 1 N–H and O–H groups in total. The molecule has 5 rings (SSSR count). The molecule has 4 heterocycles. The van der Waals surface area contributed by atoms with Gasteiger partial charge in [0.2, 0.25) is 11.8 Å². The van der Waals surface area contributed by atoms with Crippen LogP contribution in [-0.4, -0.2) is 63.9 Å². The van der Waals surface area contributed by atoms with Crippen LogP contribution >= 0.6 is 11.3 Å². The van der Waals surface area contributed by atoms with Crippen molar-refractivity contribution in [1.82, 2.24) is 19.0 Å². The second-order valence-electron chi connectivity index (χ2n) is 9.53. The Balaban J connectivity index is 1.77. The summed E-state index contributed by atoms with van der Waals surface area (Å²) in [5.41, 5.74) is -0.391. The Bertz CT molecular complexity index is 1660. The second kappa shape index (κ2) is 11.4. The van der Waals surface area contributed by atoms with E-state index in [2.05, 4.69) is 4.98 Å². The number of fused-ring (bicyclic) bond motifs is 1. The number of aliphatic hydroxyl groups excluding tert-OH is 1. The maximum atomic E-state index is 14.4. The lowest BCUT2D eigenvalue weighted by Crippen LogP contribution is -2.49. The standard InChI is InChI=1S/C27H29FN4O7S/c1-15-21-25(35)32(18-5-4-9-30(2)24(18)34)27(36)31(26(21)40-22(15)23-29-8-11-39-23)14-20(38-12-10-33)17-13-16(28)6-7-19(17)37-3/h6-8,11,13,18,20,33H,4-5,9-10,12,14H2,1-3H3/t18-,20-/m0/s1. The molecule has 11 nitrogen and oxygen atoms in total. The van der Waals surface area contributed by atoms with Crippen molar-refractivity contribution in [2.24, 2.45) is 0 Å². The van der Waals surface area contributed by atoms with Gasteiger partial charge in [0.25, 0.3) is 5.56 Å². The minimum atomic E-state index is -0.973. The summed E-state index contributed by atoms with van der Waals surface area (Å²) in [6.45, 7) is 1.70. The summed E-state index contributed by atoms with van der Waals surface area (Å²) in [5.74, 6) is -0.243. The number of benzene rings is 1. The van der Waals surface area contributed by atoms with Gasteiger partial charge in [0.05, 0.1) is 43.3 Å². The van der Waals surface area contributed by atoms with Gasteiger partial charge in [0.15, 0.2) is 0 Å². The van der Waals surface area contributed by atoms with Crippen molar-refractivity contribution in [2.75, 3.05) is 33.9 Å². The van der Waals surface area contributed by atoms with Crippen LogP contribution in [0.15, 0.2) is 44.7 Å². The summed E-state index contributed by atoms with van der Waals surface area (Å²) < 4.78 is 33.6. The minimum Gasteiger partial charge on any atom is -0.496 e.